The number of amides is 1. The molecule has 1 aromatic rings. The molecule has 1 atom stereocenters. The number of nitrogens with one attached hydrogen (secondary N) is 1. The fourth-order valence-corrected chi connectivity index (χ4v) is 2.47. The van der Waals surface area contributed by atoms with E-state index >= 15 is 0 Å². The van der Waals surface area contributed by atoms with Gasteiger partial charge in [0.05, 0.1) is 6.42 Å². The summed E-state index contributed by atoms with van der Waals surface area (Å²) in [4.78, 5) is 11.6. The van der Waals surface area contributed by atoms with Crippen LogP contribution in [0.15, 0.2) is 12.1 Å². The van der Waals surface area contributed by atoms with Crippen molar-refractivity contribution in [1.82, 2.24) is 0 Å². The van der Waals surface area contributed by atoms with Crippen molar-refractivity contribution in [3.8, 4) is 11.8 Å². The average Bonchev–Trinajstić information content (AvgIpc) is 3.23. The van der Waals surface area contributed by atoms with Crippen LogP contribution >= 0.6 is 0 Å². The van der Waals surface area contributed by atoms with Gasteiger partial charge in [-0.05, 0) is 25.0 Å². The molecule has 0 bridgehead atoms. The third-order valence-electron chi connectivity index (χ3n) is 3.77. The highest BCUT2D eigenvalue weighted by atomic mass is 19.4. The third-order valence-corrected chi connectivity index (χ3v) is 3.77. The van der Waals surface area contributed by atoms with Crippen LogP contribution in [-0.2, 0) is 10.2 Å². The Balaban J connectivity index is 2.29. The fourth-order valence-electron chi connectivity index (χ4n) is 2.47. The van der Waals surface area contributed by atoms with Gasteiger partial charge >= 0.3 is 6.18 Å². The van der Waals surface area contributed by atoms with Gasteiger partial charge in [-0.1, -0.05) is 11.8 Å². The number of carbonyl (C=O) groups excluding carboxylic acids is 1. The van der Waals surface area contributed by atoms with E-state index in [0.717, 1.165) is 6.07 Å². The zero-order chi connectivity index (χ0) is 16.1. The molecular weight excluding hydrogens is 305 g/mol. The number of alkyl halides is 3. The number of carbonyl (C=O) groups is 1. The molecule has 1 aromatic carbocycles. The number of rotatable bonds is 0. The van der Waals surface area contributed by atoms with Gasteiger partial charge in [0, 0.05) is 17.2 Å². The van der Waals surface area contributed by atoms with Crippen LogP contribution in [0.5, 0.6) is 0 Å². The van der Waals surface area contributed by atoms with E-state index in [4.69, 9.17) is 0 Å². The lowest BCUT2D eigenvalue weighted by Crippen LogP contribution is -2.48. The summed E-state index contributed by atoms with van der Waals surface area (Å²) in [6, 6.07) is 1.60. The summed E-state index contributed by atoms with van der Waals surface area (Å²) >= 11 is 0. The molecule has 1 heterocycles. The van der Waals surface area contributed by atoms with Crippen LogP contribution in [0.3, 0.4) is 0 Å². The van der Waals surface area contributed by atoms with E-state index in [1.54, 1.807) is 0 Å². The maximum atomic E-state index is 14.1. The minimum Gasteiger partial charge on any atom is -0.326 e. The van der Waals surface area contributed by atoms with Gasteiger partial charge in [0.15, 0.2) is 17.0 Å². The summed E-state index contributed by atoms with van der Waals surface area (Å²) in [5.74, 6) is 0.355. The van der Waals surface area contributed by atoms with Crippen LogP contribution in [0.25, 0.3) is 0 Å². The second kappa shape index (κ2) is 4.70. The second-order valence-corrected chi connectivity index (χ2v) is 5.46. The number of anilines is 1. The summed E-state index contributed by atoms with van der Waals surface area (Å²) in [6.07, 6.45) is -4.74. The lowest BCUT2D eigenvalue weighted by molar-refractivity contribution is -0.178. The smallest absolute Gasteiger partial charge is 0.326 e. The highest BCUT2D eigenvalue weighted by Gasteiger charge is 2.60. The van der Waals surface area contributed by atoms with E-state index in [1.165, 1.54) is 0 Å². The van der Waals surface area contributed by atoms with Crippen LogP contribution < -0.4 is 5.32 Å². The van der Waals surface area contributed by atoms with Gasteiger partial charge in [0.1, 0.15) is 0 Å². The molecule has 116 valence electrons. The SMILES string of the molecule is O=C1CC(C#CC2CC2)(C(F)(F)F)c2c(ccc(F)c2F)N1. The maximum absolute atomic E-state index is 14.1. The molecule has 1 fully saturated rings. The zero-order valence-electron chi connectivity index (χ0n) is 11.2. The van der Waals surface area contributed by atoms with E-state index in [2.05, 4.69) is 11.2 Å². The van der Waals surface area contributed by atoms with E-state index in [9.17, 15) is 26.7 Å². The molecule has 1 aliphatic heterocycles. The summed E-state index contributed by atoms with van der Waals surface area (Å²) in [7, 11) is 0. The van der Waals surface area contributed by atoms with Crippen LogP contribution in [-0.4, -0.2) is 12.1 Å². The first-order valence-corrected chi connectivity index (χ1v) is 6.62. The summed E-state index contributed by atoms with van der Waals surface area (Å²) in [5.41, 5.74) is -4.34. The van der Waals surface area contributed by atoms with Crippen LogP contribution in [0.2, 0.25) is 0 Å². The van der Waals surface area contributed by atoms with Gasteiger partial charge in [0.25, 0.3) is 0 Å². The molecule has 3 rings (SSSR count). The molecule has 1 saturated carbocycles. The maximum Gasteiger partial charge on any atom is 0.409 e. The molecule has 7 heteroatoms. The average molecular weight is 315 g/mol. The molecule has 1 amide bonds. The molecule has 2 nitrogen and oxygen atoms in total. The second-order valence-electron chi connectivity index (χ2n) is 5.46. The molecule has 0 radical (unpaired) electrons. The quantitative estimate of drug-likeness (QED) is 0.576. The lowest BCUT2D eigenvalue weighted by Gasteiger charge is -2.36. The highest BCUT2D eigenvalue weighted by molar-refractivity contribution is 5.96. The van der Waals surface area contributed by atoms with Crippen molar-refractivity contribution >= 4 is 11.6 Å². The first kappa shape index (κ1) is 14.8. The van der Waals surface area contributed by atoms with Gasteiger partial charge in [-0.15, -0.1) is 0 Å². The molecule has 0 saturated heterocycles. The Labute approximate surface area is 122 Å². The van der Waals surface area contributed by atoms with E-state index in [-0.39, 0.29) is 5.92 Å². The van der Waals surface area contributed by atoms with Crippen molar-refractivity contribution in [2.75, 3.05) is 5.32 Å². The van der Waals surface area contributed by atoms with E-state index < -0.39 is 46.8 Å². The van der Waals surface area contributed by atoms with Crippen molar-refractivity contribution < 1.29 is 26.7 Å². The van der Waals surface area contributed by atoms with Gasteiger partial charge in [-0.3, -0.25) is 4.79 Å². The predicted octanol–water partition coefficient (Wildman–Crippen LogP) is 3.52. The Morgan fingerprint density at radius 1 is 1.23 bits per heavy atom. The number of hydrogen-bond donors (Lipinski definition) is 1. The Morgan fingerprint density at radius 3 is 2.50 bits per heavy atom. The largest absolute Gasteiger partial charge is 0.409 e. The third kappa shape index (κ3) is 2.23. The van der Waals surface area contributed by atoms with Crippen LogP contribution in [0.1, 0.15) is 24.8 Å². The number of hydrogen-bond acceptors (Lipinski definition) is 1. The standard InChI is InChI=1S/C15H10F5NO/c16-9-3-4-10-12(13(9)17)14(15(18,19)20,7-11(22)21-10)6-5-8-1-2-8/h3-4,8H,1-2,7H2,(H,21,22). The first-order chi connectivity index (χ1) is 10.2. The monoisotopic (exact) mass is 315 g/mol. The molecule has 1 aliphatic carbocycles. The van der Waals surface area contributed by atoms with Crippen molar-refractivity contribution in [2.24, 2.45) is 5.92 Å². The normalized spacial score (nSPS) is 24.1. The molecule has 22 heavy (non-hydrogen) atoms. The van der Waals surface area contributed by atoms with Gasteiger partial charge in [0.2, 0.25) is 5.91 Å². The number of halogens is 5. The van der Waals surface area contributed by atoms with Gasteiger partial charge in [-0.25, -0.2) is 8.78 Å². The van der Waals surface area contributed by atoms with E-state index in [1.807, 2.05) is 5.92 Å². The Bertz CT molecular complexity index is 711. The minimum absolute atomic E-state index is 0.177. The first-order valence-electron chi connectivity index (χ1n) is 6.62. The number of benzene rings is 1. The van der Waals surface area contributed by atoms with Gasteiger partial charge in [-0.2, -0.15) is 13.2 Å². The predicted molar refractivity (Wildman–Crippen MR) is 67.8 cm³/mol. The molecular formula is C15H10F5NO. The Kier molecular flexibility index (Phi) is 3.17. The minimum atomic E-state index is -5.00. The Hall–Kier alpha value is -2.10. The molecule has 1 N–H and O–H groups in total. The van der Waals surface area contributed by atoms with Crippen LogP contribution in [0, 0.1) is 29.4 Å². The lowest BCUT2D eigenvalue weighted by atomic mass is 9.73. The van der Waals surface area contributed by atoms with Gasteiger partial charge < -0.3 is 5.32 Å². The fraction of sp³-hybridized carbons (Fsp3) is 0.400. The van der Waals surface area contributed by atoms with Crippen molar-refractivity contribution in [2.45, 2.75) is 30.9 Å². The number of fused-ring (bicyclic) bond motifs is 1. The van der Waals surface area contributed by atoms with Crippen molar-refractivity contribution in [3.05, 3.63) is 29.3 Å². The summed E-state index contributed by atoms with van der Waals surface area (Å²) in [6.45, 7) is 0. The summed E-state index contributed by atoms with van der Waals surface area (Å²) < 4.78 is 68.5. The molecule has 0 spiro atoms. The topological polar surface area (TPSA) is 29.1 Å². The molecule has 1 unspecified atom stereocenters. The van der Waals surface area contributed by atoms with Crippen molar-refractivity contribution in [3.63, 3.8) is 0 Å². The molecule has 2 aliphatic rings. The zero-order valence-corrected chi connectivity index (χ0v) is 11.2. The van der Waals surface area contributed by atoms with E-state index in [0.29, 0.717) is 18.9 Å². The van der Waals surface area contributed by atoms with Crippen molar-refractivity contribution in [1.29, 1.82) is 0 Å². The summed E-state index contributed by atoms with van der Waals surface area (Å²) in [5, 5.41) is 2.14. The highest BCUT2D eigenvalue weighted by Crippen LogP contribution is 2.50. The van der Waals surface area contributed by atoms with Crippen LogP contribution in [0.4, 0.5) is 27.6 Å². The molecule has 0 aromatic heterocycles. The Morgan fingerprint density at radius 2 is 1.91 bits per heavy atom.